The van der Waals surface area contributed by atoms with Gasteiger partial charge in [0.25, 0.3) is 0 Å². The van der Waals surface area contributed by atoms with Gasteiger partial charge in [0.1, 0.15) is 0 Å². The van der Waals surface area contributed by atoms with Crippen molar-refractivity contribution in [2.75, 3.05) is 9.80 Å². The van der Waals surface area contributed by atoms with Crippen LogP contribution in [0.15, 0.2) is 177 Å². The maximum absolute atomic E-state index is 3.99. The number of hydrogen-bond donors (Lipinski definition) is 0. The highest BCUT2D eigenvalue weighted by atomic mass is 15.2. The third kappa shape index (κ3) is 10.6. The molecule has 5 aromatic carbocycles. The third-order valence-electron chi connectivity index (χ3n) is 14.6. The van der Waals surface area contributed by atoms with Crippen LogP contribution in [0.2, 0.25) is 0 Å². The molecular formula is C63H76N2. The molecule has 0 aliphatic heterocycles. The van der Waals surface area contributed by atoms with Crippen molar-refractivity contribution >= 4 is 28.4 Å². The van der Waals surface area contributed by atoms with Crippen molar-refractivity contribution < 1.29 is 0 Å². The lowest BCUT2D eigenvalue weighted by molar-refractivity contribution is 0.228. The molecule has 0 spiro atoms. The van der Waals surface area contributed by atoms with E-state index in [1.807, 2.05) is 12.2 Å². The number of anilines is 5. The van der Waals surface area contributed by atoms with Crippen LogP contribution in [0.1, 0.15) is 141 Å². The molecule has 0 aromatic heterocycles. The largest absolute Gasteiger partial charge is 0.311 e. The summed E-state index contributed by atoms with van der Waals surface area (Å²) in [5, 5.41) is 0. The van der Waals surface area contributed by atoms with E-state index in [9.17, 15) is 0 Å². The van der Waals surface area contributed by atoms with Crippen LogP contribution in [-0.4, -0.2) is 0 Å². The second-order valence-electron chi connectivity index (χ2n) is 20.0. The topological polar surface area (TPSA) is 6.48 Å². The number of aryl methyl sites for hydroxylation is 2. The van der Waals surface area contributed by atoms with Gasteiger partial charge in [-0.3, -0.25) is 0 Å². The molecule has 1 unspecified atom stereocenters. The van der Waals surface area contributed by atoms with Gasteiger partial charge in [-0.25, -0.2) is 0 Å². The number of fused-ring (bicyclic) bond motifs is 3. The van der Waals surface area contributed by atoms with Gasteiger partial charge in [0, 0.05) is 45.0 Å². The minimum Gasteiger partial charge on any atom is -0.311 e. The number of para-hydroxylation sites is 1. The van der Waals surface area contributed by atoms with Crippen molar-refractivity contribution in [2.24, 2.45) is 10.8 Å². The summed E-state index contributed by atoms with van der Waals surface area (Å²) in [6.07, 6.45) is 32.0. The molecular weight excluding hydrogens is 785 g/mol. The Morgan fingerprint density at radius 3 is 1.51 bits per heavy atom. The van der Waals surface area contributed by atoms with E-state index >= 15 is 0 Å². The summed E-state index contributed by atoms with van der Waals surface area (Å²) < 4.78 is 0. The van der Waals surface area contributed by atoms with Crippen molar-refractivity contribution in [3.63, 3.8) is 0 Å². The Labute approximate surface area is 394 Å². The standard InChI is InChI=1S/C63H76N2/c1-9-13-17-22-44-63(45-23-18-14-10-2)59-47-55(64(51-27-20-19-21-28-51)53-34-30-49(31-35-53)25-15-11-3)38-40-57(59)58-41-39-56(48-60(58)63)65(54-36-32-50(33-37-54)26-16-12-4)52-29-24-43-62(8,46-42-52)61(5,6)7/h11-12,19-21,24,27-43,46-48H,3-4,9-10,13-18,22-23,25-26,44-45H2,1-2,5-8H3. The predicted molar refractivity (Wildman–Crippen MR) is 284 cm³/mol. The molecule has 2 aliphatic carbocycles. The average molecular weight is 861 g/mol. The minimum atomic E-state index is -0.117. The van der Waals surface area contributed by atoms with Crippen LogP contribution in [0.4, 0.5) is 28.4 Å². The first-order valence-electron chi connectivity index (χ1n) is 25.0. The van der Waals surface area contributed by atoms with E-state index in [1.54, 1.807) is 0 Å². The normalized spacial score (nSPS) is 16.1. The number of unbranched alkanes of at least 4 members (excludes halogenated alkanes) is 6. The highest BCUT2D eigenvalue weighted by Crippen LogP contribution is 2.57. The maximum atomic E-state index is 3.99. The summed E-state index contributed by atoms with van der Waals surface area (Å²) in [6.45, 7) is 22.0. The van der Waals surface area contributed by atoms with Crippen LogP contribution < -0.4 is 9.80 Å². The van der Waals surface area contributed by atoms with Gasteiger partial charge in [0.05, 0.1) is 0 Å². The molecule has 0 heterocycles. The SMILES string of the molecule is C=CCCc1ccc(N(C2=CC=CC(C)(C(C)(C)C)C=C2)c2ccc3c(c2)C(CCCCCC)(CCCCCC)c2cc(N(c4ccccc4)c4ccc(CCC=C)cc4)ccc2-3)cc1. The summed E-state index contributed by atoms with van der Waals surface area (Å²) in [6, 6.07) is 44.3. The number of hydrogen-bond acceptors (Lipinski definition) is 2. The number of nitrogens with zero attached hydrogens (tertiary/aromatic N) is 2. The zero-order valence-electron chi connectivity index (χ0n) is 40.7. The van der Waals surface area contributed by atoms with Crippen LogP contribution in [0.25, 0.3) is 11.1 Å². The summed E-state index contributed by atoms with van der Waals surface area (Å²) >= 11 is 0. The van der Waals surface area contributed by atoms with E-state index in [4.69, 9.17) is 0 Å². The van der Waals surface area contributed by atoms with Gasteiger partial charge in [-0.05, 0) is 150 Å². The van der Waals surface area contributed by atoms with Crippen LogP contribution in [-0.2, 0) is 18.3 Å². The Morgan fingerprint density at radius 2 is 1.02 bits per heavy atom. The fourth-order valence-electron chi connectivity index (χ4n) is 10.1. The molecule has 0 saturated heterocycles. The van der Waals surface area contributed by atoms with Crippen molar-refractivity contribution in [1.82, 2.24) is 0 Å². The Balaban J connectivity index is 1.40. The second kappa shape index (κ2) is 21.6. The van der Waals surface area contributed by atoms with E-state index in [1.165, 1.54) is 119 Å². The first kappa shape index (κ1) is 47.4. The van der Waals surface area contributed by atoms with Crippen molar-refractivity contribution in [3.05, 3.63) is 199 Å². The summed E-state index contributed by atoms with van der Waals surface area (Å²) in [7, 11) is 0. The van der Waals surface area contributed by atoms with Crippen LogP contribution in [0, 0.1) is 10.8 Å². The molecule has 338 valence electrons. The lowest BCUT2D eigenvalue weighted by atomic mass is 9.68. The smallest absolute Gasteiger partial charge is 0.0465 e. The summed E-state index contributed by atoms with van der Waals surface area (Å²) in [5.74, 6) is 0. The fraction of sp³-hybridized carbons (Fsp3) is 0.365. The molecule has 2 heteroatoms. The van der Waals surface area contributed by atoms with Gasteiger partial charge in [0.2, 0.25) is 0 Å². The van der Waals surface area contributed by atoms with Crippen LogP contribution >= 0.6 is 0 Å². The van der Waals surface area contributed by atoms with Crippen LogP contribution in [0.5, 0.6) is 0 Å². The molecule has 1 atom stereocenters. The molecule has 0 saturated carbocycles. The zero-order chi connectivity index (χ0) is 45.9. The van der Waals surface area contributed by atoms with Gasteiger partial charge < -0.3 is 9.80 Å². The lowest BCUT2D eigenvalue weighted by Crippen LogP contribution is -2.28. The molecule has 7 rings (SSSR count). The maximum Gasteiger partial charge on any atom is 0.0465 e. The Morgan fingerprint density at radius 1 is 0.538 bits per heavy atom. The Hall–Kier alpha value is -5.60. The fourth-order valence-corrected chi connectivity index (χ4v) is 10.1. The van der Waals surface area contributed by atoms with Gasteiger partial charge in [0.15, 0.2) is 0 Å². The molecule has 2 nitrogen and oxygen atoms in total. The van der Waals surface area contributed by atoms with Gasteiger partial charge in [-0.1, -0.05) is 178 Å². The molecule has 0 fully saturated rings. The third-order valence-corrected chi connectivity index (χ3v) is 14.6. The van der Waals surface area contributed by atoms with E-state index < -0.39 is 0 Å². The summed E-state index contributed by atoms with van der Waals surface area (Å²) in [5.41, 5.74) is 15.5. The van der Waals surface area contributed by atoms with E-state index in [0.29, 0.717) is 0 Å². The minimum absolute atomic E-state index is 0.0687. The predicted octanol–water partition coefficient (Wildman–Crippen LogP) is 18.8. The lowest BCUT2D eigenvalue weighted by Gasteiger charge is -2.37. The average Bonchev–Trinajstić information content (AvgIpc) is 3.41. The first-order valence-corrected chi connectivity index (χ1v) is 25.0. The number of rotatable bonds is 22. The van der Waals surface area contributed by atoms with Crippen LogP contribution in [0.3, 0.4) is 0 Å². The number of allylic oxidation sites excluding steroid dienone is 7. The molecule has 5 aromatic rings. The highest BCUT2D eigenvalue weighted by molar-refractivity contribution is 5.88. The summed E-state index contributed by atoms with van der Waals surface area (Å²) in [4.78, 5) is 4.98. The van der Waals surface area contributed by atoms with Crippen molar-refractivity contribution in [3.8, 4) is 11.1 Å². The molecule has 65 heavy (non-hydrogen) atoms. The molecule has 0 N–H and O–H groups in total. The van der Waals surface area contributed by atoms with Gasteiger partial charge >= 0.3 is 0 Å². The zero-order valence-corrected chi connectivity index (χ0v) is 40.7. The second-order valence-corrected chi connectivity index (χ2v) is 20.0. The van der Waals surface area contributed by atoms with Crippen molar-refractivity contribution in [2.45, 2.75) is 137 Å². The van der Waals surface area contributed by atoms with Gasteiger partial charge in [-0.2, -0.15) is 0 Å². The van der Waals surface area contributed by atoms with E-state index in [-0.39, 0.29) is 16.2 Å². The Bertz CT molecular complexity index is 2430. The Kier molecular flexibility index (Phi) is 15.7. The molecule has 0 radical (unpaired) electrons. The molecule has 0 bridgehead atoms. The first-order chi connectivity index (χ1) is 31.6. The van der Waals surface area contributed by atoms with Gasteiger partial charge in [-0.15, -0.1) is 13.2 Å². The quantitative estimate of drug-likeness (QED) is 0.0505. The molecule has 2 aliphatic rings. The molecule has 0 amide bonds. The highest BCUT2D eigenvalue weighted by Gasteiger charge is 2.43. The van der Waals surface area contributed by atoms with E-state index in [2.05, 4.69) is 210 Å². The monoisotopic (exact) mass is 861 g/mol. The van der Waals surface area contributed by atoms with E-state index in [0.717, 1.165) is 38.5 Å². The van der Waals surface area contributed by atoms with Crippen molar-refractivity contribution in [1.29, 1.82) is 0 Å². The number of benzene rings is 5.